The molecule has 0 bridgehead atoms. The van der Waals surface area contributed by atoms with Gasteiger partial charge in [0.1, 0.15) is 42.2 Å². The topological polar surface area (TPSA) is 86.6 Å². The Morgan fingerprint density at radius 2 is 1.44 bits per heavy atom. The van der Waals surface area contributed by atoms with Crippen LogP contribution in [0.5, 0.6) is 17.2 Å². The number of hydrogen-bond acceptors (Lipinski definition) is 7. The van der Waals surface area contributed by atoms with E-state index < -0.39 is 30.7 Å². The maximum atomic E-state index is 10.9. The molecule has 1 aliphatic heterocycles. The summed E-state index contributed by atoms with van der Waals surface area (Å²) in [5.41, 5.74) is 2.70. The molecule has 2 aliphatic carbocycles. The fourth-order valence-corrected chi connectivity index (χ4v) is 5.47. The third kappa shape index (κ3) is 5.97. The molecular formula is C29H38O7. The Balaban J connectivity index is 1.17. The number of hydrogen-bond donors (Lipinski definition) is 2. The summed E-state index contributed by atoms with van der Waals surface area (Å²) in [5.74, 6) is 2.08. The number of aliphatic hydroxyl groups is 2. The fourth-order valence-electron chi connectivity index (χ4n) is 5.47. The molecule has 1 saturated heterocycles. The van der Waals surface area contributed by atoms with Crippen LogP contribution in [0, 0.1) is 0 Å². The third-order valence-corrected chi connectivity index (χ3v) is 7.56. The standard InChI is InChI=1S/C29H38O7/c1-32-29-28(35-23-15-13-22(14-16-23)34-21-9-3-2-4-10-21)27(31)26(30)25(36-29)18-33-24-12-11-19-7-5-6-8-20(19)17-24/h11-17,21,25-31H,2-10,18H2,1H3/t25-,26-,27+,28-,29-/m1/s1. The molecule has 196 valence electrons. The van der Waals surface area contributed by atoms with Crippen molar-refractivity contribution in [3.05, 3.63) is 53.6 Å². The van der Waals surface area contributed by atoms with Crippen molar-refractivity contribution in [3.63, 3.8) is 0 Å². The van der Waals surface area contributed by atoms with Gasteiger partial charge in [0.25, 0.3) is 0 Å². The highest BCUT2D eigenvalue weighted by Gasteiger charge is 2.46. The van der Waals surface area contributed by atoms with Gasteiger partial charge in [-0.3, -0.25) is 0 Å². The number of methoxy groups -OCH3 is 1. The molecule has 2 aromatic rings. The van der Waals surface area contributed by atoms with Crippen molar-refractivity contribution in [2.45, 2.75) is 94.6 Å². The monoisotopic (exact) mass is 498 g/mol. The van der Waals surface area contributed by atoms with Crippen molar-refractivity contribution < 1.29 is 33.9 Å². The summed E-state index contributed by atoms with van der Waals surface area (Å²) in [6.45, 7) is 0.0940. The lowest BCUT2D eigenvalue weighted by molar-refractivity contribution is -0.287. The highest BCUT2D eigenvalue weighted by atomic mass is 16.7. The Kier molecular flexibility index (Phi) is 8.32. The zero-order chi connectivity index (χ0) is 24.9. The predicted octanol–water partition coefficient (Wildman–Crippen LogP) is 4.20. The van der Waals surface area contributed by atoms with E-state index in [1.165, 1.54) is 50.3 Å². The van der Waals surface area contributed by atoms with Crippen LogP contribution in [0.15, 0.2) is 42.5 Å². The molecule has 0 amide bonds. The Labute approximate surface area is 213 Å². The van der Waals surface area contributed by atoms with Crippen molar-refractivity contribution in [3.8, 4) is 17.2 Å². The average Bonchev–Trinajstić information content (AvgIpc) is 2.92. The highest BCUT2D eigenvalue weighted by Crippen LogP contribution is 2.30. The summed E-state index contributed by atoms with van der Waals surface area (Å²) in [5, 5.41) is 21.7. The average molecular weight is 499 g/mol. The lowest BCUT2D eigenvalue weighted by atomic mass is 9.92. The molecule has 3 aliphatic rings. The molecule has 1 saturated carbocycles. The van der Waals surface area contributed by atoms with Crippen molar-refractivity contribution in [1.29, 1.82) is 0 Å². The summed E-state index contributed by atoms with van der Waals surface area (Å²) in [4.78, 5) is 0. The molecule has 2 fully saturated rings. The first-order chi connectivity index (χ1) is 17.6. The van der Waals surface area contributed by atoms with Gasteiger partial charge in [0.2, 0.25) is 0 Å². The van der Waals surface area contributed by atoms with Crippen LogP contribution in [0.4, 0.5) is 0 Å². The molecule has 1 heterocycles. The Morgan fingerprint density at radius 3 is 2.17 bits per heavy atom. The predicted molar refractivity (Wildman–Crippen MR) is 135 cm³/mol. The van der Waals surface area contributed by atoms with Gasteiger partial charge in [-0.15, -0.1) is 0 Å². The van der Waals surface area contributed by atoms with E-state index >= 15 is 0 Å². The SMILES string of the molecule is CO[C@@H]1O[C@H](COc2ccc3c(c2)CCCC3)[C@@H](O)[C@H](O)[C@H]1Oc1ccc(OC2CCCCC2)cc1. The van der Waals surface area contributed by atoms with E-state index in [9.17, 15) is 10.2 Å². The van der Waals surface area contributed by atoms with Crippen LogP contribution >= 0.6 is 0 Å². The zero-order valence-electron chi connectivity index (χ0n) is 21.0. The second kappa shape index (κ2) is 11.8. The molecule has 0 aromatic heterocycles. The van der Waals surface area contributed by atoms with Gasteiger partial charge in [-0.25, -0.2) is 0 Å². The minimum atomic E-state index is -1.21. The Hall–Kier alpha value is -2.32. The number of rotatable bonds is 8. The Morgan fingerprint density at radius 1 is 0.778 bits per heavy atom. The molecule has 2 aromatic carbocycles. The van der Waals surface area contributed by atoms with E-state index in [2.05, 4.69) is 12.1 Å². The van der Waals surface area contributed by atoms with E-state index in [1.54, 1.807) is 12.1 Å². The molecule has 0 unspecified atom stereocenters. The number of fused-ring (bicyclic) bond motifs is 1. The third-order valence-electron chi connectivity index (χ3n) is 7.56. The summed E-state index contributed by atoms with van der Waals surface area (Å²) in [6.07, 6.45) is 5.85. The molecule has 0 radical (unpaired) electrons. The molecule has 5 atom stereocenters. The molecule has 7 heteroatoms. The van der Waals surface area contributed by atoms with E-state index in [-0.39, 0.29) is 12.7 Å². The van der Waals surface area contributed by atoms with Gasteiger partial charge in [0, 0.05) is 7.11 Å². The first-order valence-corrected chi connectivity index (χ1v) is 13.3. The second-order valence-electron chi connectivity index (χ2n) is 10.1. The van der Waals surface area contributed by atoms with Gasteiger partial charge < -0.3 is 33.9 Å². The highest BCUT2D eigenvalue weighted by molar-refractivity contribution is 5.37. The number of benzene rings is 2. The number of aliphatic hydroxyl groups excluding tert-OH is 2. The number of aryl methyl sites for hydroxylation is 2. The maximum Gasteiger partial charge on any atom is 0.197 e. The normalized spacial score (nSPS) is 28.8. The molecule has 0 spiro atoms. The van der Waals surface area contributed by atoms with Gasteiger partial charge in [-0.2, -0.15) is 0 Å². The number of ether oxygens (including phenoxy) is 5. The molecule has 7 nitrogen and oxygen atoms in total. The van der Waals surface area contributed by atoms with Gasteiger partial charge in [-0.05, 0) is 98.9 Å². The smallest absolute Gasteiger partial charge is 0.197 e. The largest absolute Gasteiger partial charge is 0.491 e. The van der Waals surface area contributed by atoms with Crippen LogP contribution in [0.3, 0.4) is 0 Å². The minimum absolute atomic E-state index is 0.0940. The zero-order valence-corrected chi connectivity index (χ0v) is 21.0. The summed E-state index contributed by atoms with van der Waals surface area (Å²) >= 11 is 0. The van der Waals surface area contributed by atoms with Crippen LogP contribution in [-0.4, -0.2) is 60.7 Å². The van der Waals surface area contributed by atoms with E-state index in [0.29, 0.717) is 5.75 Å². The van der Waals surface area contributed by atoms with Crippen LogP contribution in [0.2, 0.25) is 0 Å². The molecule has 36 heavy (non-hydrogen) atoms. The first-order valence-electron chi connectivity index (χ1n) is 13.3. The maximum absolute atomic E-state index is 10.9. The van der Waals surface area contributed by atoms with Crippen LogP contribution in [0.25, 0.3) is 0 Å². The summed E-state index contributed by atoms with van der Waals surface area (Å²) in [7, 11) is 1.49. The molecular weight excluding hydrogens is 460 g/mol. The lowest BCUT2D eigenvalue weighted by Crippen LogP contribution is -2.61. The van der Waals surface area contributed by atoms with E-state index in [1.807, 2.05) is 18.2 Å². The minimum Gasteiger partial charge on any atom is -0.491 e. The molecule has 5 rings (SSSR count). The summed E-state index contributed by atoms with van der Waals surface area (Å²) < 4.78 is 29.5. The van der Waals surface area contributed by atoms with Crippen molar-refractivity contribution in [1.82, 2.24) is 0 Å². The van der Waals surface area contributed by atoms with Gasteiger partial charge in [0.15, 0.2) is 12.4 Å². The first kappa shape index (κ1) is 25.3. The van der Waals surface area contributed by atoms with Crippen molar-refractivity contribution in [2.75, 3.05) is 13.7 Å². The Bertz CT molecular complexity index is 970. The van der Waals surface area contributed by atoms with Gasteiger partial charge in [0.05, 0.1) is 6.10 Å². The lowest BCUT2D eigenvalue weighted by Gasteiger charge is -2.41. The summed E-state index contributed by atoms with van der Waals surface area (Å²) in [6, 6.07) is 13.5. The van der Waals surface area contributed by atoms with E-state index in [0.717, 1.165) is 37.2 Å². The van der Waals surface area contributed by atoms with Gasteiger partial charge >= 0.3 is 0 Å². The van der Waals surface area contributed by atoms with Crippen LogP contribution in [0.1, 0.15) is 56.1 Å². The fraction of sp³-hybridized carbons (Fsp3) is 0.586. The van der Waals surface area contributed by atoms with E-state index in [4.69, 9.17) is 23.7 Å². The van der Waals surface area contributed by atoms with Gasteiger partial charge in [-0.1, -0.05) is 12.5 Å². The van der Waals surface area contributed by atoms with Crippen LogP contribution in [-0.2, 0) is 22.3 Å². The van der Waals surface area contributed by atoms with Crippen molar-refractivity contribution in [2.24, 2.45) is 0 Å². The van der Waals surface area contributed by atoms with Crippen LogP contribution < -0.4 is 14.2 Å². The van der Waals surface area contributed by atoms with Crippen molar-refractivity contribution >= 4 is 0 Å². The quantitative estimate of drug-likeness (QED) is 0.564. The second-order valence-corrected chi connectivity index (χ2v) is 10.1. The molecule has 2 N–H and O–H groups in total.